The monoisotopic (exact) mass is 271 g/mol. The number of nitrogens with two attached hydrogens (primary N) is 1. The number of methoxy groups -OCH3 is 4. The van der Waals surface area contributed by atoms with Crippen molar-refractivity contribution in [3.63, 3.8) is 0 Å². The maximum Gasteiger partial charge on any atom is 0.325 e. The predicted octanol–water partition coefficient (Wildman–Crippen LogP) is 0.805. The molecule has 0 heterocycles. The Morgan fingerprint density at radius 1 is 1.05 bits per heavy atom. The number of rotatable bonds is 6. The Labute approximate surface area is 110 Å². The van der Waals surface area contributed by atoms with Gasteiger partial charge in [0.15, 0.2) is 11.5 Å². The summed E-state index contributed by atoms with van der Waals surface area (Å²) in [6.45, 7) is 0. The lowest BCUT2D eigenvalue weighted by atomic mass is 10.0. The van der Waals surface area contributed by atoms with Gasteiger partial charge in [-0.2, -0.15) is 0 Å². The Kier molecular flexibility index (Phi) is 4.82. The van der Waals surface area contributed by atoms with Crippen LogP contribution in [0.5, 0.6) is 23.0 Å². The number of aliphatic carboxylic acids is 1. The number of carbonyl (C=O) groups is 1. The van der Waals surface area contributed by atoms with Crippen LogP contribution >= 0.6 is 0 Å². The van der Waals surface area contributed by atoms with Gasteiger partial charge in [-0.05, 0) is 0 Å². The highest BCUT2D eigenvalue weighted by Crippen LogP contribution is 2.47. The van der Waals surface area contributed by atoms with E-state index in [1.165, 1.54) is 34.5 Å². The highest BCUT2D eigenvalue weighted by Gasteiger charge is 2.29. The van der Waals surface area contributed by atoms with Crippen molar-refractivity contribution in [2.24, 2.45) is 5.73 Å². The topological polar surface area (TPSA) is 100 Å². The van der Waals surface area contributed by atoms with Crippen molar-refractivity contribution in [2.75, 3.05) is 28.4 Å². The maximum absolute atomic E-state index is 11.1. The normalized spacial score (nSPS) is 11.6. The number of carboxylic acids is 1. The zero-order chi connectivity index (χ0) is 14.6. The predicted molar refractivity (Wildman–Crippen MR) is 67.2 cm³/mol. The minimum atomic E-state index is -1.30. The van der Waals surface area contributed by atoms with E-state index >= 15 is 0 Å². The van der Waals surface area contributed by atoms with Crippen molar-refractivity contribution in [1.29, 1.82) is 0 Å². The lowest BCUT2D eigenvalue weighted by Crippen LogP contribution is -2.22. The lowest BCUT2D eigenvalue weighted by molar-refractivity contribution is -0.138. The van der Waals surface area contributed by atoms with Crippen molar-refractivity contribution in [1.82, 2.24) is 0 Å². The van der Waals surface area contributed by atoms with Crippen LogP contribution in [0.4, 0.5) is 0 Å². The van der Waals surface area contributed by atoms with E-state index in [1.54, 1.807) is 0 Å². The van der Waals surface area contributed by atoms with E-state index in [9.17, 15) is 4.79 Å². The van der Waals surface area contributed by atoms with Gasteiger partial charge in [0.1, 0.15) is 11.8 Å². The van der Waals surface area contributed by atoms with Gasteiger partial charge in [-0.15, -0.1) is 0 Å². The molecule has 0 aromatic heterocycles. The Morgan fingerprint density at radius 2 is 1.58 bits per heavy atom. The van der Waals surface area contributed by atoms with Gasteiger partial charge in [-0.3, -0.25) is 4.79 Å². The van der Waals surface area contributed by atoms with Gasteiger partial charge in [-0.25, -0.2) is 0 Å². The molecule has 0 radical (unpaired) electrons. The fourth-order valence-corrected chi connectivity index (χ4v) is 1.74. The second-order valence-corrected chi connectivity index (χ2v) is 3.58. The minimum Gasteiger partial charge on any atom is -0.496 e. The minimum absolute atomic E-state index is 0.175. The van der Waals surface area contributed by atoms with Crippen LogP contribution in [0, 0.1) is 0 Å². The molecule has 0 unspecified atom stereocenters. The van der Waals surface area contributed by atoms with Gasteiger partial charge in [0.2, 0.25) is 5.75 Å². The van der Waals surface area contributed by atoms with E-state index in [-0.39, 0.29) is 22.8 Å². The Balaban J connectivity index is 3.62. The van der Waals surface area contributed by atoms with Crippen LogP contribution in [0.1, 0.15) is 11.6 Å². The average Bonchev–Trinajstić information content (AvgIpc) is 2.43. The second kappa shape index (κ2) is 6.14. The summed E-state index contributed by atoms with van der Waals surface area (Å²) >= 11 is 0. The molecule has 0 bridgehead atoms. The summed E-state index contributed by atoms with van der Waals surface area (Å²) in [6, 6.07) is 0.198. The summed E-state index contributed by atoms with van der Waals surface area (Å²) in [6.07, 6.45) is 0. The first-order valence-electron chi connectivity index (χ1n) is 5.37. The van der Waals surface area contributed by atoms with Crippen LogP contribution < -0.4 is 24.7 Å². The molecular weight excluding hydrogens is 254 g/mol. The molecule has 7 nitrogen and oxygen atoms in total. The molecule has 0 aliphatic rings. The molecule has 19 heavy (non-hydrogen) atoms. The Hall–Kier alpha value is -2.15. The first-order chi connectivity index (χ1) is 9.01. The first kappa shape index (κ1) is 14.9. The van der Waals surface area contributed by atoms with Crippen LogP contribution in [-0.4, -0.2) is 39.5 Å². The maximum atomic E-state index is 11.1. The zero-order valence-corrected chi connectivity index (χ0v) is 11.2. The van der Waals surface area contributed by atoms with Crippen LogP contribution in [0.2, 0.25) is 0 Å². The number of ether oxygens (including phenoxy) is 4. The number of hydrogen-bond donors (Lipinski definition) is 2. The van der Waals surface area contributed by atoms with E-state index in [4.69, 9.17) is 29.8 Å². The van der Waals surface area contributed by atoms with Gasteiger partial charge in [0, 0.05) is 6.07 Å². The van der Waals surface area contributed by atoms with Crippen LogP contribution in [0.3, 0.4) is 0 Å². The second-order valence-electron chi connectivity index (χ2n) is 3.58. The molecule has 1 rings (SSSR count). The third-order valence-electron chi connectivity index (χ3n) is 2.63. The van der Waals surface area contributed by atoms with Crippen molar-refractivity contribution < 1.29 is 28.8 Å². The largest absolute Gasteiger partial charge is 0.496 e. The van der Waals surface area contributed by atoms with Gasteiger partial charge in [0.05, 0.1) is 34.0 Å². The quantitative estimate of drug-likeness (QED) is 0.789. The Bertz CT molecular complexity index is 474. The van der Waals surface area contributed by atoms with Crippen molar-refractivity contribution in [3.8, 4) is 23.0 Å². The fraction of sp³-hybridized carbons (Fsp3) is 0.417. The summed E-state index contributed by atoms with van der Waals surface area (Å²) in [5, 5.41) is 9.06. The molecule has 0 aliphatic heterocycles. The van der Waals surface area contributed by atoms with E-state index in [2.05, 4.69) is 0 Å². The summed E-state index contributed by atoms with van der Waals surface area (Å²) in [7, 11) is 5.66. The van der Waals surface area contributed by atoms with Gasteiger partial charge in [-0.1, -0.05) is 0 Å². The molecule has 1 aromatic carbocycles. The third kappa shape index (κ3) is 2.65. The summed E-state index contributed by atoms with van der Waals surface area (Å²) < 4.78 is 20.7. The molecule has 3 N–H and O–H groups in total. The van der Waals surface area contributed by atoms with Crippen LogP contribution in [0.15, 0.2) is 6.07 Å². The molecular formula is C12H17NO6. The van der Waals surface area contributed by atoms with Crippen LogP contribution in [0.25, 0.3) is 0 Å². The van der Waals surface area contributed by atoms with E-state index < -0.39 is 12.0 Å². The molecule has 7 heteroatoms. The van der Waals surface area contributed by atoms with Gasteiger partial charge in [0.25, 0.3) is 0 Å². The average molecular weight is 271 g/mol. The van der Waals surface area contributed by atoms with Gasteiger partial charge < -0.3 is 29.8 Å². The van der Waals surface area contributed by atoms with Gasteiger partial charge >= 0.3 is 5.97 Å². The SMILES string of the molecule is COc1cc(OC)c([C@H](N)C(=O)O)c(OC)c1OC. The lowest BCUT2D eigenvalue weighted by Gasteiger charge is -2.20. The van der Waals surface area contributed by atoms with E-state index in [0.717, 1.165) is 0 Å². The molecule has 0 saturated carbocycles. The summed E-state index contributed by atoms with van der Waals surface area (Å²) in [5.74, 6) is -0.156. The Morgan fingerprint density at radius 3 is 1.95 bits per heavy atom. The molecule has 0 aliphatic carbocycles. The first-order valence-corrected chi connectivity index (χ1v) is 5.37. The molecule has 0 spiro atoms. The van der Waals surface area contributed by atoms with Crippen LogP contribution in [-0.2, 0) is 4.79 Å². The number of carboxylic acid groups (broad SMARTS) is 1. The summed E-state index contributed by atoms with van der Waals surface area (Å²) in [5.41, 5.74) is 5.84. The highest BCUT2D eigenvalue weighted by molar-refractivity contribution is 5.79. The fourth-order valence-electron chi connectivity index (χ4n) is 1.74. The van der Waals surface area contributed by atoms with Crippen molar-refractivity contribution >= 4 is 5.97 Å². The van der Waals surface area contributed by atoms with E-state index in [1.807, 2.05) is 0 Å². The molecule has 106 valence electrons. The molecule has 1 atom stereocenters. The standard InChI is InChI=1S/C12H17NO6/c1-16-6-5-7(17-2)10(18-3)11(19-4)8(6)9(13)12(14)15/h5,9H,13H2,1-4H3,(H,14,15)/t9-/m0/s1. The zero-order valence-electron chi connectivity index (χ0n) is 11.2. The molecule has 0 saturated heterocycles. The van der Waals surface area contributed by atoms with E-state index in [0.29, 0.717) is 5.75 Å². The van der Waals surface area contributed by atoms with Crippen molar-refractivity contribution in [3.05, 3.63) is 11.6 Å². The number of benzene rings is 1. The molecule has 0 fully saturated rings. The number of hydrogen-bond acceptors (Lipinski definition) is 6. The molecule has 1 aromatic rings. The smallest absolute Gasteiger partial charge is 0.325 e. The van der Waals surface area contributed by atoms with Crippen molar-refractivity contribution in [2.45, 2.75) is 6.04 Å². The molecule has 0 amide bonds. The third-order valence-corrected chi connectivity index (χ3v) is 2.63. The summed E-state index contributed by atoms with van der Waals surface area (Å²) in [4.78, 5) is 11.1. The highest BCUT2D eigenvalue weighted by atomic mass is 16.5.